The minimum absolute atomic E-state index is 0.397. The topological polar surface area (TPSA) is 42.7 Å². The molecule has 1 N–H and O–H groups in total. The van der Waals surface area contributed by atoms with E-state index in [9.17, 15) is 30.7 Å². The van der Waals surface area contributed by atoms with E-state index >= 15 is 0 Å². The van der Waals surface area contributed by atoms with Crippen LogP contribution >= 0.6 is 0 Å². The molecule has 0 bridgehead atoms. The Morgan fingerprint density at radius 1 is 1.12 bits per heavy atom. The number of rotatable bonds is 5. The Morgan fingerprint density at radius 3 is 2.29 bits per heavy atom. The lowest BCUT2D eigenvalue weighted by Gasteiger charge is -2.18. The van der Waals surface area contributed by atoms with Gasteiger partial charge in [-0.2, -0.15) is 35.4 Å². The Balaban J connectivity index is 2.30. The number of benzene rings is 1. The van der Waals surface area contributed by atoms with Gasteiger partial charge in [-0.25, -0.2) is 4.98 Å². The molecule has 11 heteroatoms. The van der Waals surface area contributed by atoms with Crippen LogP contribution in [0.5, 0.6) is 0 Å². The Hall–Kier alpha value is -2.33. The summed E-state index contributed by atoms with van der Waals surface area (Å²) < 4.78 is 88.5. The highest BCUT2D eigenvalue weighted by Crippen LogP contribution is 2.43. The summed E-state index contributed by atoms with van der Waals surface area (Å²) >= 11 is 0. The summed E-state index contributed by atoms with van der Waals surface area (Å²) in [6.45, 7) is -2.37. The van der Waals surface area contributed by atoms with E-state index in [2.05, 4.69) is 15.4 Å². The minimum Gasteiger partial charge on any atom is -0.377 e. The molecule has 0 atom stereocenters. The fraction of sp³-hybridized carbons (Fsp3) is 0.385. The first kappa shape index (κ1) is 18.0. The van der Waals surface area contributed by atoms with Crippen molar-refractivity contribution in [3.8, 4) is 0 Å². The molecule has 24 heavy (non-hydrogen) atoms. The minimum atomic E-state index is -6.06. The third kappa shape index (κ3) is 3.44. The zero-order valence-corrected chi connectivity index (χ0v) is 12.1. The molecule has 0 saturated heterocycles. The first-order valence-corrected chi connectivity index (χ1v) is 6.52. The number of aryl methyl sites for hydroxylation is 1. The second-order valence-electron chi connectivity index (χ2n) is 4.81. The first-order valence-electron chi connectivity index (χ1n) is 6.52. The maximum atomic E-state index is 13.3. The fourth-order valence-corrected chi connectivity index (χ4v) is 1.86. The maximum Gasteiger partial charge on any atom is 0.461 e. The van der Waals surface area contributed by atoms with Gasteiger partial charge in [0.05, 0.1) is 6.54 Å². The number of halogens is 7. The van der Waals surface area contributed by atoms with E-state index in [1.807, 2.05) is 0 Å². The molecule has 0 spiro atoms. The third-order valence-corrected chi connectivity index (χ3v) is 3.08. The van der Waals surface area contributed by atoms with Crippen molar-refractivity contribution in [1.82, 2.24) is 14.8 Å². The molecule has 1 aromatic carbocycles. The summed E-state index contributed by atoms with van der Waals surface area (Å²) in [6.07, 6.45) is -6.06. The molecule has 2 aromatic rings. The van der Waals surface area contributed by atoms with Crippen LogP contribution in [0.15, 0.2) is 24.3 Å². The van der Waals surface area contributed by atoms with Gasteiger partial charge in [0.15, 0.2) is 5.82 Å². The fourth-order valence-electron chi connectivity index (χ4n) is 1.86. The molecule has 0 unspecified atom stereocenters. The SMILES string of the molecule is Cc1ccccc1NCc1nc(C(F)(F)C(F)(F)F)n(C(F)F)n1. The van der Waals surface area contributed by atoms with Crippen LogP contribution in [0.25, 0.3) is 0 Å². The molecule has 1 aromatic heterocycles. The zero-order chi connectivity index (χ0) is 18.1. The molecular formula is C13H11F7N4. The summed E-state index contributed by atoms with van der Waals surface area (Å²) in [5.74, 6) is -8.30. The van der Waals surface area contributed by atoms with Crippen molar-refractivity contribution < 1.29 is 30.7 Å². The van der Waals surface area contributed by atoms with Crippen molar-refractivity contribution in [2.45, 2.75) is 32.1 Å². The van der Waals surface area contributed by atoms with Crippen molar-refractivity contribution in [3.05, 3.63) is 41.5 Å². The molecular weight excluding hydrogens is 345 g/mol. The van der Waals surface area contributed by atoms with Crippen molar-refractivity contribution in [3.63, 3.8) is 0 Å². The smallest absolute Gasteiger partial charge is 0.377 e. The number of aromatic nitrogens is 3. The van der Waals surface area contributed by atoms with E-state index in [0.717, 1.165) is 5.56 Å². The molecule has 0 amide bonds. The van der Waals surface area contributed by atoms with Gasteiger partial charge in [-0.1, -0.05) is 18.2 Å². The lowest BCUT2D eigenvalue weighted by Crippen LogP contribution is -2.36. The lowest BCUT2D eigenvalue weighted by molar-refractivity contribution is -0.294. The van der Waals surface area contributed by atoms with E-state index in [0.29, 0.717) is 5.69 Å². The predicted molar refractivity (Wildman–Crippen MR) is 69.7 cm³/mol. The molecule has 0 aliphatic heterocycles. The molecule has 0 aliphatic rings. The van der Waals surface area contributed by atoms with Crippen LogP contribution in [0.4, 0.5) is 36.4 Å². The standard InChI is InChI=1S/C13H11F7N4/c1-7-4-2-3-5-8(7)21-6-9-22-10(24(23-9)11(14)15)12(16,17)13(18,19)20/h2-5,11,21H,6H2,1H3. The van der Waals surface area contributed by atoms with Crippen LogP contribution < -0.4 is 5.32 Å². The van der Waals surface area contributed by atoms with Gasteiger partial charge in [-0.05, 0) is 18.6 Å². The van der Waals surface area contributed by atoms with Gasteiger partial charge < -0.3 is 5.32 Å². The van der Waals surface area contributed by atoms with Crippen LogP contribution in [0, 0.1) is 6.92 Å². The van der Waals surface area contributed by atoms with E-state index in [-0.39, 0.29) is 0 Å². The normalized spacial score (nSPS) is 12.7. The summed E-state index contributed by atoms with van der Waals surface area (Å²) in [5, 5.41) is 5.74. The highest BCUT2D eigenvalue weighted by molar-refractivity contribution is 5.50. The number of hydrogen-bond donors (Lipinski definition) is 1. The number of nitrogens with zero attached hydrogens (tertiary/aromatic N) is 3. The largest absolute Gasteiger partial charge is 0.461 e. The van der Waals surface area contributed by atoms with E-state index in [1.165, 1.54) is 0 Å². The van der Waals surface area contributed by atoms with Gasteiger partial charge in [0.2, 0.25) is 5.82 Å². The van der Waals surface area contributed by atoms with E-state index in [4.69, 9.17) is 0 Å². The highest BCUT2D eigenvalue weighted by atomic mass is 19.4. The number of para-hydroxylation sites is 1. The molecule has 4 nitrogen and oxygen atoms in total. The van der Waals surface area contributed by atoms with E-state index in [1.54, 1.807) is 31.2 Å². The Bertz CT molecular complexity index is 709. The third-order valence-electron chi connectivity index (χ3n) is 3.08. The van der Waals surface area contributed by atoms with E-state index < -0.39 is 41.5 Å². The van der Waals surface area contributed by atoms with Gasteiger partial charge >= 0.3 is 18.6 Å². The van der Waals surface area contributed by atoms with Crippen LogP contribution in [-0.4, -0.2) is 20.9 Å². The maximum absolute atomic E-state index is 13.3. The Morgan fingerprint density at radius 2 is 1.75 bits per heavy atom. The molecule has 0 radical (unpaired) electrons. The average Bonchev–Trinajstić information content (AvgIpc) is 2.90. The predicted octanol–water partition coefficient (Wildman–Crippen LogP) is 4.25. The zero-order valence-electron chi connectivity index (χ0n) is 12.1. The van der Waals surface area contributed by atoms with Crippen LogP contribution in [0.3, 0.4) is 0 Å². The molecule has 2 rings (SSSR count). The molecule has 1 heterocycles. The summed E-state index contributed by atoms with van der Waals surface area (Å²) in [4.78, 5) is 2.95. The Labute approximate surface area is 131 Å². The summed E-state index contributed by atoms with van der Waals surface area (Å²) in [7, 11) is 0. The first-order chi connectivity index (χ1) is 11.0. The van der Waals surface area contributed by atoms with Gasteiger partial charge in [0, 0.05) is 5.69 Å². The van der Waals surface area contributed by atoms with Gasteiger partial charge in [0.25, 0.3) is 0 Å². The van der Waals surface area contributed by atoms with Crippen LogP contribution in [0.2, 0.25) is 0 Å². The second-order valence-corrected chi connectivity index (χ2v) is 4.81. The number of nitrogens with one attached hydrogen (secondary N) is 1. The average molecular weight is 356 g/mol. The van der Waals surface area contributed by atoms with Crippen molar-refractivity contribution in [2.24, 2.45) is 0 Å². The number of anilines is 1. The molecule has 132 valence electrons. The molecule has 0 fully saturated rings. The van der Waals surface area contributed by atoms with Crippen molar-refractivity contribution in [1.29, 1.82) is 0 Å². The summed E-state index contributed by atoms with van der Waals surface area (Å²) in [6, 6.07) is 6.72. The van der Waals surface area contributed by atoms with Gasteiger partial charge in [-0.15, -0.1) is 5.10 Å². The highest BCUT2D eigenvalue weighted by Gasteiger charge is 2.62. The monoisotopic (exact) mass is 356 g/mol. The Kier molecular flexibility index (Phi) is 4.72. The van der Waals surface area contributed by atoms with Gasteiger partial charge in [-0.3, -0.25) is 0 Å². The quantitative estimate of drug-likeness (QED) is 0.815. The van der Waals surface area contributed by atoms with Crippen LogP contribution in [0.1, 0.15) is 23.8 Å². The number of alkyl halides is 7. The summed E-state index contributed by atoms with van der Waals surface area (Å²) in [5.41, 5.74) is 1.29. The van der Waals surface area contributed by atoms with Crippen molar-refractivity contribution in [2.75, 3.05) is 5.32 Å². The molecule has 0 saturated carbocycles. The molecule has 0 aliphatic carbocycles. The van der Waals surface area contributed by atoms with Crippen LogP contribution in [-0.2, 0) is 12.5 Å². The second kappa shape index (κ2) is 6.29. The van der Waals surface area contributed by atoms with Crippen molar-refractivity contribution >= 4 is 5.69 Å². The lowest BCUT2D eigenvalue weighted by atomic mass is 10.2. The number of hydrogen-bond acceptors (Lipinski definition) is 3. The van der Waals surface area contributed by atoms with Gasteiger partial charge in [0.1, 0.15) is 0 Å².